The van der Waals surface area contributed by atoms with Gasteiger partial charge in [-0.25, -0.2) is 17.6 Å². The molecule has 4 aliphatic rings. The summed E-state index contributed by atoms with van der Waals surface area (Å²) in [5, 5.41) is -0.278. The minimum absolute atomic E-state index is 0.00953. The topological polar surface area (TPSA) is 70.0 Å². The van der Waals surface area contributed by atoms with E-state index < -0.39 is 45.1 Å². The molecule has 0 bridgehead atoms. The molecule has 16 heteroatoms. The third-order valence-corrected chi connectivity index (χ3v) is 27.9. The first-order valence-corrected chi connectivity index (χ1v) is 41.0. The van der Waals surface area contributed by atoms with E-state index in [1.165, 1.54) is 74.5 Å². The third kappa shape index (κ3) is 16.1. The van der Waals surface area contributed by atoms with Crippen LogP contribution in [-0.2, 0) is 26.1 Å². The molecule has 6 atom stereocenters. The zero-order valence-corrected chi connectivity index (χ0v) is 65.0. The van der Waals surface area contributed by atoms with Crippen LogP contribution < -0.4 is 0 Å². The summed E-state index contributed by atoms with van der Waals surface area (Å²) in [4.78, 5) is 5.24. The summed E-state index contributed by atoms with van der Waals surface area (Å²) in [6.45, 7) is 40.5. The summed E-state index contributed by atoms with van der Waals surface area (Å²) in [5.41, 5.74) is 2.04. The fraction of sp³-hybridized carbons (Fsp3) is 0.692. The largest absolute Gasteiger partial charge is 0.486 e. The van der Waals surface area contributed by atoms with E-state index in [-0.39, 0.29) is 27.7 Å². The van der Waals surface area contributed by atoms with Gasteiger partial charge in [-0.05, 0) is 122 Å². The van der Waals surface area contributed by atoms with Crippen LogP contribution in [0.2, 0.25) is 0 Å². The summed E-state index contributed by atoms with van der Waals surface area (Å²) in [7, 11) is 0. The first-order valence-electron chi connectivity index (χ1n) is 36.1. The van der Waals surface area contributed by atoms with E-state index in [0.29, 0.717) is 104 Å². The molecule has 2 aromatic carbocycles. The van der Waals surface area contributed by atoms with Gasteiger partial charge in [0, 0.05) is 55.3 Å². The highest BCUT2D eigenvalue weighted by molar-refractivity contribution is 8.09. The minimum atomic E-state index is -0.943. The maximum atomic E-state index is 18.5. The molecule has 10 rings (SSSR count). The second-order valence-corrected chi connectivity index (χ2v) is 38.8. The second-order valence-electron chi connectivity index (χ2n) is 33.2. The Bertz CT molecular complexity index is 3620. The van der Waals surface area contributed by atoms with Crippen LogP contribution in [0.25, 0.3) is 52.8 Å². The predicted molar refractivity (Wildman–Crippen MR) is 398 cm³/mol. The number of thiophene rings is 2. The second kappa shape index (κ2) is 30.4. The van der Waals surface area contributed by atoms with E-state index in [4.69, 9.17) is 18.2 Å². The lowest BCUT2D eigenvalue weighted by Gasteiger charge is -2.40. The van der Waals surface area contributed by atoms with Gasteiger partial charge in [0.2, 0.25) is 0 Å². The van der Waals surface area contributed by atoms with Gasteiger partial charge < -0.3 is 9.47 Å². The summed E-state index contributed by atoms with van der Waals surface area (Å²) in [6, 6.07) is 4.26. The van der Waals surface area contributed by atoms with Crippen LogP contribution in [0, 0.1) is 76.0 Å². The molecule has 6 aromatic rings. The SMILES string of the molecule is CC(C)CCCC(C)CCC1(CCC(C)CCCC(C)C)OC2=C(SC(c3c(F)c(F)c(C(C)(C)C)c4nsnc34)C2)c2sc(-c3c(F)c(F)c(-c4cc5c(s4)C4=C(CC(C(C)(C)C)S4)OC5(CCC(C)CCCC(C)C)CCC(C)CCCC(C)C)c4nsnc34)cc21. The van der Waals surface area contributed by atoms with Crippen LogP contribution >= 0.6 is 69.7 Å². The number of rotatable bonds is 31. The number of allylic oxidation sites excluding steroid dienone is 2. The van der Waals surface area contributed by atoms with E-state index in [2.05, 4.69) is 125 Å². The maximum Gasteiger partial charge on any atom is 0.170 e. The lowest BCUT2D eigenvalue weighted by Crippen LogP contribution is -2.34. The van der Waals surface area contributed by atoms with Gasteiger partial charge in [0.15, 0.2) is 23.3 Å². The van der Waals surface area contributed by atoms with Crippen molar-refractivity contribution in [2.24, 2.45) is 52.8 Å². The molecule has 0 radical (unpaired) electrons. The highest BCUT2D eigenvalue weighted by Gasteiger charge is 2.51. The Morgan fingerprint density at radius 2 is 0.830 bits per heavy atom. The molecule has 0 N–H and O–H groups in total. The average molecular weight is 1400 g/mol. The molecule has 0 saturated carbocycles. The van der Waals surface area contributed by atoms with Crippen molar-refractivity contribution in [3.8, 4) is 20.9 Å². The summed E-state index contributed by atoms with van der Waals surface area (Å²) in [5.74, 6) is 2.56. The van der Waals surface area contributed by atoms with Gasteiger partial charge in [0.1, 0.15) is 44.8 Å². The molecule has 0 amide bonds. The number of benzene rings is 2. The highest BCUT2D eigenvalue weighted by atomic mass is 32.2. The van der Waals surface area contributed by atoms with E-state index in [9.17, 15) is 0 Å². The fourth-order valence-corrected chi connectivity index (χ4v) is 22.0. The van der Waals surface area contributed by atoms with Crippen LogP contribution in [-0.4, -0.2) is 22.7 Å². The average Bonchev–Trinajstić information content (AvgIpc) is 1.55. The molecule has 6 unspecified atom stereocenters. The standard InChI is InChI=1S/C78H110F4N4O2S6/c1-43(2)23-19-27-47(9)31-35-77(36-32-48(10)28-20-24-44(3)4)51-39-55(89-71(51)73-53(87-77)41-57(91-73)61-65(81)66(82)62(76(16,17)18)70-69(61)85-94-86-70)59-63(79)64(80)60(68-67(59)83-93-84-68)56-40-52-72(90-56)74-54(42-58(92-74)75(13,14)15)88-78(52,37-33-49(11)29-21-25-45(5)6)38-34-50(12)30-22-26-46(7)8/h39-40,43-50,57-58H,19-38,41-42H2,1-18H3. The molecular formula is C78H110F4N4O2S6. The van der Waals surface area contributed by atoms with Crippen molar-refractivity contribution in [2.75, 3.05) is 0 Å². The molecule has 6 nitrogen and oxygen atoms in total. The number of fused-ring (bicyclic) bond motifs is 6. The zero-order valence-electron chi connectivity index (χ0n) is 60.1. The van der Waals surface area contributed by atoms with E-state index in [0.717, 1.165) is 136 Å². The third-order valence-electron chi connectivity index (χ3n) is 21.1. The normalized spacial score (nSPS) is 21.3. The number of halogens is 4. The van der Waals surface area contributed by atoms with Gasteiger partial charge >= 0.3 is 0 Å². The lowest BCUT2D eigenvalue weighted by atomic mass is 9.78. The van der Waals surface area contributed by atoms with Crippen LogP contribution in [0.5, 0.6) is 0 Å². The van der Waals surface area contributed by atoms with Gasteiger partial charge in [0.05, 0.1) is 54.1 Å². The van der Waals surface area contributed by atoms with Crippen LogP contribution in [0.15, 0.2) is 23.7 Å². The smallest absolute Gasteiger partial charge is 0.170 e. The Hall–Kier alpha value is -3.02. The molecule has 518 valence electrons. The summed E-state index contributed by atoms with van der Waals surface area (Å²) in [6.07, 6.45) is 22.1. The fourth-order valence-electron chi connectivity index (χ4n) is 15.1. The van der Waals surface area contributed by atoms with E-state index in [1.54, 1.807) is 11.3 Å². The van der Waals surface area contributed by atoms with Crippen LogP contribution in [0.1, 0.15) is 303 Å². The van der Waals surface area contributed by atoms with Gasteiger partial charge in [-0.1, -0.05) is 202 Å². The van der Waals surface area contributed by atoms with Crippen molar-refractivity contribution < 1.29 is 27.0 Å². The van der Waals surface area contributed by atoms with Crippen molar-refractivity contribution in [2.45, 2.75) is 293 Å². The number of aromatic nitrogens is 4. The molecule has 8 heterocycles. The summed E-state index contributed by atoms with van der Waals surface area (Å²) >= 11 is 8.36. The molecule has 0 fully saturated rings. The Labute approximate surface area is 587 Å². The number of hydrogen-bond acceptors (Lipinski definition) is 12. The Morgan fingerprint density at radius 3 is 1.21 bits per heavy atom. The molecule has 94 heavy (non-hydrogen) atoms. The molecule has 0 aliphatic carbocycles. The Balaban J connectivity index is 1.10. The highest BCUT2D eigenvalue weighted by Crippen LogP contribution is 2.65. The molecule has 4 aromatic heterocycles. The van der Waals surface area contributed by atoms with Crippen LogP contribution in [0.3, 0.4) is 0 Å². The molecule has 4 aliphatic heterocycles. The molecule has 0 saturated heterocycles. The van der Waals surface area contributed by atoms with Gasteiger partial charge in [-0.15, -0.1) is 46.2 Å². The molecule has 0 spiro atoms. The van der Waals surface area contributed by atoms with Gasteiger partial charge in [-0.2, -0.15) is 17.5 Å². The van der Waals surface area contributed by atoms with Crippen molar-refractivity contribution in [1.29, 1.82) is 0 Å². The maximum absolute atomic E-state index is 18.5. The zero-order chi connectivity index (χ0) is 67.9. The number of nitrogens with zero attached hydrogens (tertiary/aromatic N) is 4. The van der Waals surface area contributed by atoms with Gasteiger partial charge in [0.25, 0.3) is 0 Å². The predicted octanol–water partition coefficient (Wildman–Crippen LogP) is 27.2. The van der Waals surface area contributed by atoms with Crippen molar-refractivity contribution in [3.63, 3.8) is 0 Å². The number of thioether (sulfide) groups is 2. The van der Waals surface area contributed by atoms with E-state index in [1.807, 2.05) is 32.5 Å². The van der Waals surface area contributed by atoms with Crippen molar-refractivity contribution in [1.82, 2.24) is 17.5 Å². The van der Waals surface area contributed by atoms with E-state index >= 15 is 17.6 Å². The Kier molecular flexibility index (Phi) is 23.9. The number of hydrogen-bond donors (Lipinski definition) is 0. The monoisotopic (exact) mass is 1400 g/mol. The van der Waals surface area contributed by atoms with Crippen LogP contribution in [0.4, 0.5) is 17.6 Å². The first-order chi connectivity index (χ1) is 44.4. The summed E-state index contributed by atoms with van der Waals surface area (Å²) < 4.78 is 105. The van der Waals surface area contributed by atoms with Crippen molar-refractivity contribution in [3.05, 3.63) is 78.9 Å². The molecular weight excluding hydrogens is 1290 g/mol. The number of ether oxygens (including phenoxy) is 2. The van der Waals surface area contributed by atoms with Crippen molar-refractivity contribution >= 4 is 102 Å². The first kappa shape index (κ1) is 73.7. The Morgan fingerprint density at radius 1 is 0.457 bits per heavy atom. The van der Waals surface area contributed by atoms with Gasteiger partial charge in [-0.3, -0.25) is 0 Å². The minimum Gasteiger partial charge on any atom is -0.486 e. The quantitative estimate of drug-likeness (QED) is 0.0399. The lowest BCUT2D eigenvalue weighted by molar-refractivity contribution is -0.0330.